The molecule has 6 aromatic rings. The molecule has 42 heavy (non-hydrogen) atoms. The third kappa shape index (κ3) is 9.31. The van der Waals surface area contributed by atoms with Gasteiger partial charge in [-0.05, 0) is 47.7 Å². The van der Waals surface area contributed by atoms with Crippen LogP contribution in [0.1, 0.15) is 0 Å². The molecule has 0 bridgehead atoms. The van der Waals surface area contributed by atoms with Gasteiger partial charge < -0.3 is 0 Å². The first-order valence-corrected chi connectivity index (χ1v) is 22.9. The molecule has 4 heteroatoms. The third-order valence-electron chi connectivity index (χ3n) is 6.38. The van der Waals surface area contributed by atoms with E-state index in [0.29, 0.717) is 0 Å². The van der Waals surface area contributed by atoms with Gasteiger partial charge in [0.1, 0.15) is 0 Å². The molecule has 212 valence electrons. The van der Waals surface area contributed by atoms with Crippen LogP contribution in [0.2, 0.25) is 9.87 Å². The number of halogens is 1. The summed E-state index contributed by atoms with van der Waals surface area (Å²) >= 11 is -0.611. The molecule has 1 aliphatic heterocycles. The molecule has 0 aliphatic carbocycles. The van der Waals surface area contributed by atoms with Crippen LogP contribution >= 0.6 is 25.4 Å². The van der Waals surface area contributed by atoms with Crippen LogP contribution in [0.4, 0.5) is 0 Å². The van der Waals surface area contributed by atoms with Crippen LogP contribution < -0.4 is 31.8 Å². The van der Waals surface area contributed by atoms with Gasteiger partial charge in [-0.3, -0.25) is 0 Å². The number of benzene rings is 6. The largest absolute Gasteiger partial charge is 0.0622 e. The fourth-order valence-electron chi connectivity index (χ4n) is 4.38. The second kappa shape index (κ2) is 16.7. The normalized spacial score (nSPS) is 12.5. The average molecular weight is 780 g/mol. The minimum Gasteiger partial charge on any atom is -0.0622 e. The fraction of sp³-hybridized carbons (Fsp3) is 0.0526. The van der Waals surface area contributed by atoms with Gasteiger partial charge in [-0.25, -0.2) is 0 Å². The van der Waals surface area contributed by atoms with Crippen molar-refractivity contribution in [3.63, 3.8) is 0 Å². The monoisotopic (exact) mass is 780 g/mol. The summed E-state index contributed by atoms with van der Waals surface area (Å²) < 4.78 is 0. The van der Waals surface area contributed by atoms with E-state index in [1.54, 1.807) is 0 Å². The summed E-state index contributed by atoms with van der Waals surface area (Å²) in [6, 6.07) is 64.7. The van der Waals surface area contributed by atoms with Crippen molar-refractivity contribution in [1.29, 1.82) is 0 Å². The molecular formula is C38H34ClIrP2. The van der Waals surface area contributed by atoms with Crippen molar-refractivity contribution in [2.75, 3.05) is 0 Å². The van der Waals surface area contributed by atoms with Gasteiger partial charge in [0.15, 0.2) is 0 Å². The molecule has 1 aliphatic rings. The van der Waals surface area contributed by atoms with E-state index in [-0.39, 0.29) is 0 Å². The predicted octanol–water partition coefficient (Wildman–Crippen LogP) is 8.50. The molecule has 1 heterocycles. The fourth-order valence-corrected chi connectivity index (χ4v) is 13.2. The van der Waals surface area contributed by atoms with Crippen molar-refractivity contribution in [3.8, 4) is 0 Å². The molecule has 6 aromatic carbocycles. The molecule has 0 amide bonds. The second-order valence-corrected chi connectivity index (χ2v) is 21.6. The molecule has 7 rings (SSSR count). The Bertz CT molecular complexity index is 1260. The molecule has 0 atom stereocenters. The number of rotatable bonds is 6. The van der Waals surface area contributed by atoms with Crippen molar-refractivity contribution < 1.29 is 15.5 Å². The van der Waals surface area contributed by atoms with Gasteiger partial charge in [-0.2, -0.15) is 0 Å². The molecule has 0 radical (unpaired) electrons. The van der Waals surface area contributed by atoms with Crippen LogP contribution in [0.15, 0.2) is 182 Å². The first-order valence-electron chi connectivity index (χ1n) is 13.9. The zero-order valence-electron chi connectivity index (χ0n) is 23.3. The Kier molecular flexibility index (Phi) is 12.1. The Balaban J connectivity index is 0.000000148. The van der Waals surface area contributed by atoms with Crippen LogP contribution in [0, 0.1) is 0 Å². The summed E-state index contributed by atoms with van der Waals surface area (Å²) in [7, 11) is 4.66. The van der Waals surface area contributed by atoms with E-state index in [1.807, 2.05) is 0 Å². The molecule has 0 aromatic heterocycles. The molecule has 1 saturated heterocycles. The van der Waals surface area contributed by atoms with Gasteiger partial charge in [0.2, 0.25) is 0 Å². The van der Waals surface area contributed by atoms with Gasteiger partial charge in [-0.15, -0.1) is 0 Å². The molecule has 1 fully saturated rings. The Morgan fingerprint density at radius 3 is 0.571 bits per heavy atom. The molecule has 0 saturated carbocycles. The van der Waals surface area contributed by atoms with E-state index in [2.05, 4.69) is 182 Å². The molecule has 0 unspecified atom stereocenters. The van der Waals surface area contributed by atoms with Crippen molar-refractivity contribution in [3.05, 3.63) is 182 Å². The SMILES string of the molecule is [Cl][Ir]1[CH2][CH2]1.c1ccc(P(c2ccccc2)c2ccccc2)cc1.c1ccc(P(c2ccccc2)c2ccccc2)cc1. The van der Waals surface area contributed by atoms with E-state index >= 15 is 0 Å². The second-order valence-electron chi connectivity index (χ2n) is 9.36. The summed E-state index contributed by atoms with van der Waals surface area (Å²) in [5.74, 6) is 0. The molecule has 0 spiro atoms. The minimum absolute atomic E-state index is 0.446. The minimum atomic E-state index is -0.611. The molecule has 0 N–H and O–H groups in total. The van der Waals surface area contributed by atoms with Crippen LogP contribution in [-0.4, -0.2) is 0 Å². The average Bonchev–Trinajstić information content (AvgIpc) is 3.87. The van der Waals surface area contributed by atoms with Crippen LogP contribution in [0.5, 0.6) is 0 Å². The first-order chi connectivity index (χ1) is 20.8. The maximum atomic E-state index is 5.55. The standard InChI is InChI=1S/2C18H15P.C2H4.ClH.Ir/c2*1-4-10-16(11-5-1)19(17-12-6-2-7-13-17)18-14-8-3-9-15-18;1-2;;/h2*1-15H;1-2H2;1H;/q;;;;+1/p-1. The van der Waals surface area contributed by atoms with Crippen molar-refractivity contribution in [2.45, 2.75) is 9.87 Å². The molecular weight excluding hydrogens is 746 g/mol. The Labute approximate surface area is 263 Å². The van der Waals surface area contributed by atoms with E-state index in [9.17, 15) is 0 Å². The summed E-state index contributed by atoms with van der Waals surface area (Å²) in [5, 5.41) is 8.39. The zero-order chi connectivity index (χ0) is 28.8. The maximum Gasteiger partial charge on any atom is -0.0134 e. The molecule has 0 nitrogen and oxygen atoms in total. The van der Waals surface area contributed by atoms with Gasteiger partial charge in [0.05, 0.1) is 0 Å². The summed E-state index contributed by atoms with van der Waals surface area (Å²) in [4.78, 5) is 2.84. The summed E-state index contributed by atoms with van der Waals surface area (Å²) in [6.07, 6.45) is 0. The third-order valence-corrected chi connectivity index (χ3v) is 15.4. The van der Waals surface area contributed by atoms with Crippen molar-refractivity contribution in [1.82, 2.24) is 0 Å². The number of hydrogen-bond acceptors (Lipinski definition) is 0. The Morgan fingerprint density at radius 2 is 0.452 bits per heavy atom. The maximum absolute atomic E-state index is 5.55. The van der Waals surface area contributed by atoms with E-state index in [0.717, 1.165) is 0 Å². The van der Waals surface area contributed by atoms with Crippen LogP contribution in [-0.2, 0) is 15.5 Å². The smallest absolute Gasteiger partial charge is 0.0134 e. The van der Waals surface area contributed by atoms with E-state index in [1.165, 1.54) is 41.7 Å². The topological polar surface area (TPSA) is 0 Å². The zero-order valence-corrected chi connectivity index (χ0v) is 28.3. The predicted molar refractivity (Wildman–Crippen MR) is 186 cm³/mol. The summed E-state index contributed by atoms with van der Waals surface area (Å²) in [5.41, 5.74) is 0. The van der Waals surface area contributed by atoms with Gasteiger partial charge >= 0.3 is 34.9 Å². The van der Waals surface area contributed by atoms with E-state index < -0.39 is 31.3 Å². The van der Waals surface area contributed by atoms with Crippen LogP contribution in [0.3, 0.4) is 0 Å². The Hall–Kier alpha value is -2.88. The first kappa shape index (κ1) is 30.6. The van der Waals surface area contributed by atoms with Crippen molar-refractivity contribution in [2.24, 2.45) is 0 Å². The van der Waals surface area contributed by atoms with Gasteiger partial charge in [0, 0.05) is 0 Å². The van der Waals surface area contributed by atoms with Crippen LogP contribution in [0.25, 0.3) is 0 Å². The Morgan fingerprint density at radius 1 is 0.310 bits per heavy atom. The van der Waals surface area contributed by atoms with E-state index in [4.69, 9.17) is 9.58 Å². The van der Waals surface area contributed by atoms with Crippen molar-refractivity contribution >= 4 is 57.3 Å². The van der Waals surface area contributed by atoms with Gasteiger partial charge in [0.25, 0.3) is 0 Å². The van der Waals surface area contributed by atoms with Gasteiger partial charge in [-0.1, -0.05) is 182 Å². The number of hydrogen-bond donors (Lipinski definition) is 0. The quantitative estimate of drug-likeness (QED) is 0.149. The summed E-state index contributed by atoms with van der Waals surface area (Å²) in [6.45, 7) is 0.